The third kappa shape index (κ3) is 7.12. The van der Waals surface area contributed by atoms with Gasteiger partial charge in [0.2, 0.25) is 5.54 Å². The van der Waals surface area contributed by atoms with Gasteiger partial charge in [-0.1, -0.05) is 18.5 Å². The van der Waals surface area contributed by atoms with Crippen LogP contribution in [-0.4, -0.2) is 40.4 Å². The van der Waals surface area contributed by atoms with E-state index in [-0.39, 0.29) is 6.42 Å². The topological polar surface area (TPSA) is 102 Å². The first-order valence-electron chi connectivity index (χ1n) is 8.69. The molecule has 0 aliphatic heterocycles. The van der Waals surface area contributed by atoms with Gasteiger partial charge in [-0.25, -0.2) is 14.4 Å². The Bertz CT molecular complexity index is 728. The van der Waals surface area contributed by atoms with Gasteiger partial charge >= 0.3 is 18.0 Å². The second-order valence-electron chi connectivity index (χ2n) is 7.42. The minimum atomic E-state index is -2.36. The third-order valence-electron chi connectivity index (χ3n) is 3.70. The maximum Gasteiger partial charge on any atom is 0.409 e. The van der Waals surface area contributed by atoms with Crippen molar-refractivity contribution in [3.63, 3.8) is 0 Å². The molecule has 0 aliphatic carbocycles. The Labute approximate surface area is 183 Å². The summed E-state index contributed by atoms with van der Waals surface area (Å²) in [6.07, 6.45) is -1.42. The van der Waals surface area contributed by atoms with Crippen molar-refractivity contribution in [3.05, 3.63) is 32.4 Å². The predicted molar refractivity (Wildman–Crippen MR) is 113 cm³/mol. The van der Waals surface area contributed by atoms with E-state index in [2.05, 4.69) is 5.32 Å². The lowest BCUT2D eigenvalue weighted by atomic mass is 9.90. The molecule has 0 saturated heterocycles. The number of carbonyl (C=O) groups excluding carboxylic acids is 2. The van der Waals surface area contributed by atoms with E-state index in [9.17, 15) is 19.5 Å². The smallest absolute Gasteiger partial charge is 0.409 e. The van der Waals surface area contributed by atoms with Crippen molar-refractivity contribution in [2.75, 3.05) is 0 Å². The van der Waals surface area contributed by atoms with Crippen LogP contribution < -0.4 is 5.32 Å². The monoisotopic (exact) mass is 525 g/mol. The highest BCUT2D eigenvalue weighted by Crippen LogP contribution is 2.24. The lowest BCUT2D eigenvalue weighted by Gasteiger charge is -2.31. The van der Waals surface area contributed by atoms with Crippen LogP contribution >= 0.6 is 34.2 Å². The third-order valence-corrected chi connectivity index (χ3v) is 4.54. The standard InChI is InChI=1S/C19H25ClINO6/c1-6-11(2)27-16(25)19(15(23)24,22-17(26)28-18(3,4)5)10-12-7-13(20)9-14(21)8-12/h7-9,11H,6,10H2,1-5H3,(H,22,26)(H,23,24). The number of aliphatic carboxylic acids is 1. The molecule has 1 aromatic carbocycles. The summed E-state index contributed by atoms with van der Waals surface area (Å²) < 4.78 is 11.2. The molecule has 2 atom stereocenters. The Hall–Kier alpha value is -1.55. The maximum absolute atomic E-state index is 12.8. The fourth-order valence-corrected chi connectivity index (χ4v) is 3.42. The number of benzene rings is 1. The number of hydrogen-bond donors (Lipinski definition) is 2. The van der Waals surface area contributed by atoms with Gasteiger partial charge in [0.25, 0.3) is 0 Å². The number of halogens is 2. The molecule has 0 bridgehead atoms. The van der Waals surface area contributed by atoms with Crippen molar-refractivity contribution in [1.29, 1.82) is 0 Å². The van der Waals surface area contributed by atoms with E-state index in [1.165, 1.54) is 6.07 Å². The fourth-order valence-electron chi connectivity index (χ4n) is 2.25. The molecule has 0 saturated carbocycles. The molecule has 7 nitrogen and oxygen atoms in total. The van der Waals surface area contributed by atoms with Gasteiger partial charge in [-0.05, 0) is 80.5 Å². The van der Waals surface area contributed by atoms with Crippen molar-refractivity contribution in [1.82, 2.24) is 5.32 Å². The van der Waals surface area contributed by atoms with Gasteiger partial charge in [0.15, 0.2) is 0 Å². The number of hydrogen-bond acceptors (Lipinski definition) is 5. The SMILES string of the molecule is CCC(C)OC(=O)C(Cc1cc(Cl)cc(I)c1)(NC(=O)OC(C)(C)C)C(=O)O. The van der Waals surface area contributed by atoms with Crippen molar-refractivity contribution in [3.8, 4) is 0 Å². The molecule has 1 rings (SSSR count). The van der Waals surface area contributed by atoms with Crippen molar-refractivity contribution in [2.45, 2.75) is 64.7 Å². The highest BCUT2D eigenvalue weighted by Gasteiger charge is 2.51. The van der Waals surface area contributed by atoms with Crippen molar-refractivity contribution < 1.29 is 29.0 Å². The Balaban J connectivity index is 3.37. The maximum atomic E-state index is 12.8. The van der Waals surface area contributed by atoms with Gasteiger partial charge in [0, 0.05) is 15.0 Å². The fraction of sp³-hybridized carbons (Fsp3) is 0.526. The molecular weight excluding hydrogens is 501 g/mol. The summed E-state index contributed by atoms with van der Waals surface area (Å²) in [6, 6.07) is 4.90. The van der Waals surface area contributed by atoms with Crippen LogP contribution in [0.25, 0.3) is 0 Å². The molecule has 1 aromatic rings. The van der Waals surface area contributed by atoms with E-state index in [0.717, 1.165) is 3.57 Å². The quantitative estimate of drug-likeness (QED) is 0.315. The van der Waals surface area contributed by atoms with Crippen LogP contribution in [0.3, 0.4) is 0 Å². The Morgan fingerprint density at radius 3 is 2.32 bits per heavy atom. The summed E-state index contributed by atoms with van der Waals surface area (Å²) in [7, 11) is 0. The first kappa shape index (κ1) is 24.5. The Morgan fingerprint density at radius 1 is 1.25 bits per heavy atom. The van der Waals surface area contributed by atoms with Crippen LogP contribution in [0.15, 0.2) is 18.2 Å². The van der Waals surface area contributed by atoms with E-state index in [0.29, 0.717) is 17.0 Å². The molecule has 0 fully saturated rings. The number of rotatable bonds is 7. The zero-order valence-electron chi connectivity index (χ0n) is 16.5. The number of carbonyl (C=O) groups is 3. The Morgan fingerprint density at radius 2 is 1.86 bits per heavy atom. The zero-order chi connectivity index (χ0) is 21.7. The minimum absolute atomic E-state index is 0.354. The molecule has 9 heteroatoms. The normalized spacial score (nSPS) is 14.5. The number of nitrogens with one attached hydrogen (secondary N) is 1. The Kier molecular flexibility index (Phi) is 8.55. The summed E-state index contributed by atoms with van der Waals surface area (Å²) in [5.74, 6) is -2.63. The molecule has 0 spiro atoms. The number of amides is 1. The van der Waals surface area contributed by atoms with Crippen molar-refractivity contribution >= 4 is 52.2 Å². The molecule has 0 aromatic heterocycles. The molecule has 2 unspecified atom stereocenters. The number of carboxylic acids is 1. The lowest BCUT2D eigenvalue weighted by Crippen LogP contribution is -2.63. The molecule has 2 N–H and O–H groups in total. The summed E-state index contributed by atoms with van der Waals surface area (Å²) in [5, 5.41) is 12.5. The number of ether oxygens (including phenoxy) is 2. The highest BCUT2D eigenvalue weighted by atomic mass is 127. The van der Waals surface area contributed by atoms with Gasteiger partial charge in [0.1, 0.15) is 5.60 Å². The van der Waals surface area contributed by atoms with Gasteiger partial charge in [-0.3, -0.25) is 5.32 Å². The highest BCUT2D eigenvalue weighted by molar-refractivity contribution is 14.1. The molecule has 1 amide bonds. The molecule has 0 radical (unpaired) electrons. The van der Waals surface area contributed by atoms with Gasteiger partial charge < -0.3 is 14.6 Å². The van der Waals surface area contributed by atoms with Crippen LogP contribution in [0.2, 0.25) is 5.02 Å². The van der Waals surface area contributed by atoms with Crippen LogP contribution in [0.4, 0.5) is 4.79 Å². The van der Waals surface area contributed by atoms with E-state index < -0.39 is 35.3 Å². The first-order chi connectivity index (χ1) is 12.8. The molecule has 0 heterocycles. The summed E-state index contributed by atoms with van der Waals surface area (Å²) in [4.78, 5) is 37.4. The number of alkyl carbamates (subject to hydrolysis) is 1. The molecule has 0 aliphatic rings. The van der Waals surface area contributed by atoms with Gasteiger partial charge in [0.05, 0.1) is 6.10 Å². The largest absolute Gasteiger partial charge is 0.479 e. The van der Waals surface area contributed by atoms with E-state index in [1.807, 2.05) is 22.6 Å². The number of esters is 1. The predicted octanol–water partition coefficient (Wildman–Crippen LogP) is 4.18. The van der Waals surface area contributed by atoms with Crippen LogP contribution in [-0.2, 0) is 25.5 Å². The summed E-state index contributed by atoms with van der Waals surface area (Å²) >= 11 is 8.08. The second kappa shape index (κ2) is 9.78. The van der Waals surface area contributed by atoms with E-state index in [1.54, 1.807) is 46.8 Å². The minimum Gasteiger partial charge on any atom is -0.479 e. The van der Waals surface area contributed by atoms with Crippen LogP contribution in [0.5, 0.6) is 0 Å². The molecule has 28 heavy (non-hydrogen) atoms. The average Bonchev–Trinajstić information content (AvgIpc) is 2.50. The van der Waals surface area contributed by atoms with Crippen LogP contribution in [0, 0.1) is 3.57 Å². The lowest BCUT2D eigenvalue weighted by molar-refractivity contribution is -0.166. The number of carboxylic acid groups (broad SMARTS) is 1. The average molecular weight is 526 g/mol. The van der Waals surface area contributed by atoms with Crippen LogP contribution in [0.1, 0.15) is 46.6 Å². The van der Waals surface area contributed by atoms with E-state index in [4.69, 9.17) is 21.1 Å². The van der Waals surface area contributed by atoms with Gasteiger partial charge in [-0.15, -0.1) is 0 Å². The van der Waals surface area contributed by atoms with Gasteiger partial charge in [-0.2, -0.15) is 0 Å². The zero-order valence-corrected chi connectivity index (χ0v) is 19.4. The van der Waals surface area contributed by atoms with E-state index >= 15 is 0 Å². The molecule has 156 valence electrons. The van der Waals surface area contributed by atoms with Crippen molar-refractivity contribution in [2.24, 2.45) is 0 Å². The summed E-state index contributed by atoms with van der Waals surface area (Å²) in [6.45, 7) is 8.32. The first-order valence-corrected chi connectivity index (χ1v) is 10.2. The second-order valence-corrected chi connectivity index (χ2v) is 9.10. The molecular formula is C19H25ClINO6. The summed E-state index contributed by atoms with van der Waals surface area (Å²) in [5.41, 5.74) is -2.78.